The predicted octanol–water partition coefficient (Wildman–Crippen LogP) is 6.88. The first-order chi connectivity index (χ1) is 22.6. The van der Waals surface area contributed by atoms with Crippen LogP contribution in [0.25, 0.3) is 22.0 Å². The van der Waals surface area contributed by atoms with Gasteiger partial charge in [0, 0.05) is 55.3 Å². The van der Waals surface area contributed by atoms with E-state index in [1.54, 1.807) is 33.2 Å². The van der Waals surface area contributed by atoms with E-state index in [2.05, 4.69) is 52.7 Å². The van der Waals surface area contributed by atoms with Crippen LogP contribution < -0.4 is 20.9 Å². The second kappa shape index (κ2) is 16.2. The summed E-state index contributed by atoms with van der Waals surface area (Å²) < 4.78 is 49.1. The molecule has 3 N–H and O–H groups in total. The van der Waals surface area contributed by atoms with Crippen LogP contribution in [0.4, 0.5) is 23.7 Å². The lowest BCUT2D eigenvalue weighted by atomic mass is 10.0. The van der Waals surface area contributed by atoms with E-state index in [0.717, 1.165) is 28.2 Å². The molecule has 0 fully saturated rings. The molecule has 0 aliphatic carbocycles. The highest BCUT2D eigenvalue weighted by Crippen LogP contribution is 2.35. The molecule has 48 heavy (non-hydrogen) atoms. The minimum atomic E-state index is -4.91. The van der Waals surface area contributed by atoms with Gasteiger partial charge in [0.25, 0.3) is 5.56 Å². The lowest BCUT2D eigenvalue weighted by Gasteiger charge is -2.27. The molecule has 18 heteroatoms. The number of carbonyl (C=O) groups excluding carboxylic acids is 2. The highest BCUT2D eigenvalue weighted by molar-refractivity contribution is 14.2. The maximum absolute atomic E-state index is 12.9. The molecule has 0 saturated heterocycles. The van der Waals surface area contributed by atoms with Crippen LogP contribution in [-0.2, 0) is 16.1 Å². The molecule has 0 spiro atoms. The molecule has 0 bridgehead atoms. The Morgan fingerprint density at radius 3 is 2.54 bits per heavy atom. The number of hydrogen-bond donors (Lipinski definition) is 3. The zero-order chi connectivity index (χ0) is 35.1. The van der Waals surface area contributed by atoms with Crippen LogP contribution in [-0.4, -0.2) is 68.2 Å². The summed E-state index contributed by atoms with van der Waals surface area (Å²) in [4.78, 5) is 38.8. The molecule has 0 aliphatic heterocycles. The van der Waals surface area contributed by atoms with Gasteiger partial charge in [-0.1, -0.05) is 17.7 Å². The average Bonchev–Trinajstić information content (AvgIpc) is 3.42. The van der Waals surface area contributed by atoms with E-state index in [-0.39, 0.29) is 36.0 Å². The fourth-order valence-electron chi connectivity index (χ4n) is 4.54. The van der Waals surface area contributed by atoms with Crippen molar-refractivity contribution in [3.05, 3.63) is 69.7 Å². The third kappa shape index (κ3) is 11.0. The monoisotopic (exact) mass is 821 g/mol. The Balaban J connectivity index is 1.33. The van der Waals surface area contributed by atoms with Crippen molar-refractivity contribution in [1.82, 2.24) is 30.0 Å². The van der Waals surface area contributed by atoms with Gasteiger partial charge in [0.15, 0.2) is 0 Å². The number of rotatable bonds is 13. The molecule has 4 aromatic rings. The summed E-state index contributed by atoms with van der Waals surface area (Å²) in [6, 6.07) is 9.04. The van der Waals surface area contributed by atoms with Crippen molar-refractivity contribution >= 4 is 68.6 Å². The minimum absolute atomic E-state index is 0.0131. The first-order valence-corrected chi connectivity index (χ1v) is 19.0. The van der Waals surface area contributed by atoms with Gasteiger partial charge in [-0.05, 0) is 84.6 Å². The lowest BCUT2D eigenvalue weighted by Crippen LogP contribution is -2.39. The van der Waals surface area contributed by atoms with E-state index in [0.29, 0.717) is 37.0 Å². The van der Waals surface area contributed by atoms with E-state index in [1.165, 1.54) is 23.1 Å². The number of nitrogens with one attached hydrogen (secondary N) is 3. The topological polar surface area (TPSA) is 143 Å². The molecule has 1 unspecified atom stereocenters. The number of carbonyl (C=O) groups is 2. The van der Waals surface area contributed by atoms with E-state index >= 15 is 0 Å². The third-order valence-corrected chi connectivity index (χ3v) is 8.80. The second-order valence-corrected chi connectivity index (χ2v) is 14.0. The Kier molecular flexibility index (Phi) is 12.5. The Hall–Kier alpha value is -3.63. The summed E-state index contributed by atoms with van der Waals surface area (Å²) in [5.74, 6) is -0.866. The van der Waals surface area contributed by atoms with Crippen molar-refractivity contribution in [2.45, 2.75) is 52.1 Å². The molecule has 2 amide bonds. The van der Waals surface area contributed by atoms with Crippen molar-refractivity contribution in [2.24, 2.45) is 0 Å². The van der Waals surface area contributed by atoms with Crippen molar-refractivity contribution in [1.29, 1.82) is 0 Å². The van der Waals surface area contributed by atoms with E-state index < -0.39 is 23.8 Å². The van der Waals surface area contributed by atoms with Crippen LogP contribution in [0.2, 0.25) is 5.02 Å². The maximum Gasteiger partial charge on any atom is 0.573 e. The van der Waals surface area contributed by atoms with Crippen LogP contribution in [0.15, 0.2) is 53.6 Å². The molecule has 0 aliphatic rings. The van der Waals surface area contributed by atoms with E-state index in [9.17, 15) is 27.6 Å². The molecule has 258 valence electrons. The van der Waals surface area contributed by atoms with Gasteiger partial charge in [-0.2, -0.15) is 10.2 Å². The van der Waals surface area contributed by atoms with Crippen molar-refractivity contribution < 1.29 is 32.2 Å². The highest BCUT2D eigenvalue weighted by Gasteiger charge is 2.32. The Morgan fingerprint density at radius 1 is 1.10 bits per heavy atom. The molecular weight excluding hydrogens is 789 g/mol. The standard InChI is InChI=1S/C30H33ClF3IN7O5P/c1-29(2,3)47-28(45)41(17-18-5-6-25(22(31)11-18)46-30(32,33)34)10-7-26(43)37-9-4-8-36-23-12-19(20-14-27(44)40-38-15-20)13-24-21(23)16-39-42(24)48-35/h5-6,11-16,36,48H,4,7-10,17H2,1-3H3,(H,37,43)(H,40,44). The van der Waals surface area contributed by atoms with Gasteiger partial charge in [0.1, 0.15) is 11.4 Å². The summed E-state index contributed by atoms with van der Waals surface area (Å²) in [5, 5.41) is 17.6. The number of anilines is 1. The Labute approximate surface area is 293 Å². The zero-order valence-corrected chi connectivity index (χ0v) is 30.0. The number of ether oxygens (including phenoxy) is 2. The van der Waals surface area contributed by atoms with Crippen LogP contribution in [0.3, 0.4) is 0 Å². The largest absolute Gasteiger partial charge is 0.573 e. The second-order valence-electron chi connectivity index (χ2n) is 11.5. The van der Waals surface area contributed by atoms with Crippen LogP contribution in [0.1, 0.15) is 39.2 Å². The number of aromatic amines is 1. The molecule has 4 rings (SSSR count). The number of alkyl halides is 3. The first-order valence-electron chi connectivity index (χ1n) is 14.6. The number of hydrogen-bond acceptors (Lipinski definition) is 8. The van der Waals surface area contributed by atoms with Crippen molar-refractivity contribution in [2.75, 3.05) is 25.0 Å². The fraction of sp³-hybridized carbons (Fsp3) is 0.367. The molecule has 12 nitrogen and oxygen atoms in total. The van der Waals surface area contributed by atoms with Gasteiger partial charge in [0.2, 0.25) is 5.91 Å². The Morgan fingerprint density at radius 2 is 1.88 bits per heavy atom. The summed E-state index contributed by atoms with van der Waals surface area (Å²) in [5.41, 5.74) is 2.48. The molecule has 2 aromatic heterocycles. The van der Waals surface area contributed by atoms with Crippen LogP contribution in [0.5, 0.6) is 5.75 Å². The van der Waals surface area contributed by atoms with E-state index in [1.807, 2.05) is 16.6 Å². The maximum atomic E-state index is 12.9. The zero-order valence-electron chi connectivity index (χ0n) is 26.1. The molecule has 2 heterocycles. The smallest absolute Gasteiger partial charge is 0.444 e. The molecule has 2 aromatic carbocycles. The predicted molar refractivity (Wildman–Crippen MR) is 187 cm³/mol. The van der Waals surface area contributed by atoms with Gasteiger partial charge < -0.3 is 25.0 Å². The summed E-state index contributed by atoms with van der Waals surface area (Å²) >= 11 is 8.23. The normalized spacial score (nSPS) is 12.0. The van der Waals surface area contributed by atoms with Crippen molar-refractivity contribution in [3.63, 3.8) is 0 Å². The van der Waals surface area contributed by atoms with Gasteiger partial charge in [-0.15, -0.1) is 13.2 Å². The quantitative estimate of drug-likeness (QED) is 0.0754. The summed E-state index contributed by atoms with van der Waals surface area (Å²) in [6.45, 7) is 5.88. The average molecular weight is 822 g/mol. The molecule has 1 atom stereocenters. The van der Waals surface area contributed by atoms with E-state index in [4.69, 9.17) is 16.3 Å². The van der Waals surface area contributed by atoms with Gasteiger partial charge in [-0.25, -0.2) is 14.3 Å². The number of amides is 2. The number of aromatic nitrogens is 4. The molecule has 0 radical (unpaired) electrons. The highest BCUT2D eigenvalue weighted by atomic mass is 127. The van der Waals surface area contributed by atoms with Crippen molar-refractivity contribution in [3.8, 4) is 16.9 Å². The van der Waals surface area contributed by atoms with Gasteiger partial charge >= 0.3 is 12.5 Å². The van der Waals surface area contributed by atoms with Gasteiger partial charge in [0.05, 0.1) is 29.3 Å². The van der Waals surface area contributed by atoms with Crippen LogP contribution in [0, 0.1) is 0 Å². The summed E-state index contributed by atoms with van der Waals surface area (Å²) in [7, 11) is 0. The molecular formula is C30H33ClF3IN7O5P. The first kappa shape index (κ1) is 37.2. The SMILES string of the molecule is CC(C)(C)OC(=O)N(CCC(=O)NCCCNc1cc(-c2cn[nH]c(=O)c2)cc2c1cnn2PI)Cc1ccc(OC(F)(F)F)c(Cl)c1. The number of benzene rings is 2. The number of H-pyrrole nitrogens is 1. The lowest BCUT2D eigenvalue weighted by molar-refractivity contribution is -0.274. The summed E-state index contributed by atoms with van der Waals surface area (Å²) in [6.07, 6.45) is -1.33. The van der Waals surface area contributed by atoms with Gasteiger partial charge in [-0.3, -0.25) is 9.59 Å². The number of nitrogens with zero attached hydrogens (tertiary/aromatic N) is 4. The fourth-order valence-corrected chi connectivity index (χ4v) is 6.31. The van der Waals surface area contributed by atoms with Crippen LogP contribution >= 0.6 is 40.0 Å². The number of fused-ring (bicyclic) bond motifs is 1. The Bertz CT molecular complexity index is 1820. The number of halogens is 5. The molecule has 0 saturated carbocycles. The minimum Gasteiger partial charge on any atom is -0.444 e. The third-order valence-electron chi connectivity index (χ3n) is 6.61.